The molecule has 1 aliphatic rings. The Morgan fingerprint density at radius 1 is 1.03 bits per heavy atom. The maximum absolute atomic E-state index is 13.2. The molecule has 1 heterocycles. The molecule has 0 aromatic heterocycles. The van der Waals surface area contributed by atoms with Crippen LogP contribution in [0.2, 0.25) is 0 Å². The summed E-state index contributed by atoms with van der Waals surface area (Å²) >= 11 is 0. The zero-order valence-electron chi connectivity index (χ0n) is 18.0. The van der Waals surface area contributed by atoms with Crippen LogP contribution in [0.1, 0.15) is 33.2 Å². The van der Waals surface area contributed by atoms with Crippen LogP contribution in [0.15, 0.2) is 76.5 Å². The van der Waals surface area contributed by atoms with Crippen LogP contribution in [0, 0.1) is 0 Å². The Morgan fingerprint density at radius 3 is 2.50 bits per heavy atom. The van der Waals surface area contributed by atoms with E-state index in [9.17, 15) is 13.8 Å². The van der Waals surface area contributed by atoms with E-state index in [0.29, 0.717) is 46.1 Å². The number of fused-ring (bicyclic) bond motifs is 2. The third kappa shape index (κ3) is 4.16. The van der Waals surface area contributed by atoms with Crippen LogP contribution in [0.3, 0.4) is 0 Å². The highest BCUT2D eigenvalue weighted by Crippen LogP contribution is 2.35. The number of nitrogens with one attached hydrogen (secondary N) is 1. The zero-order chi connectivity index (χ0) is 22.7. The van der Waals surface area contributed by atoms with Crippen LogP contribution in [0.5, 0.6) is 5.75 Å². The van der Waals surface area contributed by atoms with E-state index in [4.69, 9.17) is 4.74 Å². The fourth-order valence-electron chi connectivity index (χ4n) is 3.73. The van der Waals surface area contributed by atoms with E-state index in [1.54, 1.807) is 54.5 Å². The van der Waals surface area contributed by atoms with Crippen molar-refractivity contribution in [3.05, 3.63) is 83.4 Å². The second-order valence-electron chi connectivity index (χ2n) is 7.35. The summed E-state index contributed by atoms with van der Waals surface area (Å²) in [5.74, 6) is 0.335. The summed E-state index contributed by atoms with van der Waals surface area (Å²) in [4.78, 5) is 28.5. The van der Waals surface area contributed by atoms with Crippen LogP contribution >= 0.6 is 0 Å². The Kier molecular flexibility index (Phi) is 6.37. The highest BCUT2D eigenvalue weighted by molar-refractivity contribution is 7.85. The van der Waals surface area contributed by atoms with Crippen molar-refractivity contribution in [3.8, 4) is 5.75 Å². The van der Waals surface area contributed by atoms with E-state index >= 15 is 0 Å². The number of hydrogen-bond acceptors (Lipinski definition) is 4. The molecule has 0 saturated carbocycles. The van der Waals surface area contributed by atoms with E-state index in [-0.39, 0.29) is 11.8 Å². The first-order chi connectivity index (χ1) is 15.5. The van der Waals surface area contributed by atoms with Crippen LogP contribution in [-0.2, 0) is 17.2 Å². The number of rotatable bonds is 6. The second kappa shape index (κ2) is 9.36. The average Bonchev–Trinajstić information content (AvgIpc) is 2.92. The first-order valence-electron chi connectivity index (χ1n) is 10.4. The molecule has 7 heteroatoms. The topological polar surface area (TPSA) is 75.7 Å². The maximum atomic E-state index is 13.2. The number of benzene rings is 3. The first-order valence-corrected chi connectivity index (χ1v) is 11.6. The third-order valence-corrected chi connectivity index (χ3v) is 6.95. The van der Waals surface area contributed by atoms with Gasteiger partial charge in [0.25, 0.3) is 11.8 Å². The normalized spacial score (nSPS) is 14.9. The molecule has 1 unspecified atom stereocenters. The fourth-order valence-corrected chi connectivity index (χ4v) is 5.08. The van der Waals surface area contributed by atoms with Crippen molar-refractivity contribution in [2.45, 2.75) is 23.1 Å². The van der Waals surface area contributed by atoms with Crippen molar-refractivity contribution >= 4 is 28.3 Å². The number of amides is 2. The molecular formula is C25H24N2O4S. The van der Waals surface area contributed by atoms with Gasteiger partial charge in [-0.15, -0.1) is 0 Å². The number of nitrogens with zero attached hydrogens (tertiary/aromatic N) is 1. The quantitative estimate of drug-likeness (QED) is 0.622. The Hall–Kier alpha value is -3.45. The lowest BCUT2D eigenvalue weighted by Gasteiger charge is -2.21. The summed E-state index contributed by atoms with van der Waals surface area (Å²) in [6.45, 7) is 2.73. The van der Waals surface area contributed by atoms with Gasteiger partial charge in [0.2, 0.25) is 0 Å². The van der Waals surface area contributed by atoms with Gasteiger partial charge in [-0.25, -0.2) is 4.21 Å². The summed E-state index contributed by atoms with van der Waals surface area (Å²) in [5, 5.41) is 2.92. The highest BCUT2D eigenvalue weighted by Gasteiger charge is 2.30. The Labute approximate surface area is 189 Å². The van der Waals surface area contributed by atoms with Gasteiger partial charge >= 0.3 is 0 Å². The summed E-state index contributed by atoms with van der Waals surface area (Å²) < 4.78 is 18.4. The van der Waals surface area contributed by atoms with Gasteiger partial charge in [-0.2, -0.15) is 0 Å². The van der Waals surface area contributed by atoms with Gasteiger partial charge in [0.15, 0.2) is 0 Å². The standard InChI is InChI=1S/C25H24N2O4S/c1-3-27-21-16-18(24(28)26-15-14-17-8-11-19(31-2)12-9-17)10-13-23(21)32(30)22-7-5-4-6-20(22)25(27)29/h4-13,16H,3,14-15H2,1-2H3,(H,26,28). The molecule has 3 aromatic carbocycles. The molecule has 32 heavy (non-hydrogen) atoms. The summed E-state index contributed by atoms with van der Waals surface area (Å²) in [5.41, 5.74) is 2.45. The van der Waals surface area contributed by atoms with Crippen LogP contribution < -0.4 is 15.0 Å². The monoisotopic (exact) mass is 448 g/mol. The molecule has 164 valence electrons. The zero-order valence-corrected chi connectivity index (χ0v) is 18.8. The molecule has 0 bridgehead atoms. The maximum Gasteiger partial charge on any atom is 0.259 e. The van der Waals surface area contributed by atoms with Crippen LogP contribution in [-0.4, -0.2) is 36.2 Å². The summed E-state index contributed by atoms with van der Waals surface area (Å²) in [6, 6.07) is 19.6. The predicted octanol–water partition coefficient (Wildman–Crippen LogP) is 3.81. The van der Waals surface area contributed by atoms with Crippen LogP contribution in [0.25, 0.3) is 0 Å². The molecule has 1 atom stereocenters. The van der Waals surface area contributed by atoms with Crippen LogP contribution in [0.4, 0.5) is 5.69 Å². The SMILES string of the molecule is CCN1C(=O)c2ccccc2S(=O)c2ccc(C(=O)NCCc3ccc(OC)cc3)cc21. The van der Waals surface area contributed by atoms with E-state index in [0.717, 1.165) is 11.3 Å². The average molecular weight is 449 g/mol. The van der Waals surface area contributed by atoms with Gasteiger partial charge in [-0.1, -0.05) is 24.3 Å². The van der Waals surface area contributed by atoms with Gasteiger partial charge < -0.3 is 15.0 Å². The molecular weight excluding hydrogens is 424 g/mol. The lowest BCUT2D eigenvalue weighted by atomic mass is 10.1. The minimum absolute atomic E-state index is 0.215. The number of ether oxygens (including phenoxy) is 1. The van der Waals surface area contributed by atoms with Gasteiger partial charge in [0.1, 0.15) is 5.75 Å². The molecule has 0 spiro atoms. The van der Waals surface area contributed by atoms with Crippen molar-refractivity contribution in [2.75, 3.05) is 25.1 Å². The lowest BCUT2D eigenvalue weighted by Crippen LogP contribution is -2.31. The Bertz CT molecular complexity index is 1190. The first kappa shape index (κ1) is 21.8. The van der Waals surface area contributed by atoms with Crippen molar-refractivity contribution in [1.29, 1.82) is 0 Å². The number of carbonyl (C=O) groups is 2. The minimum Gasteiger partial charge on any atom is -0.497 e. The largest absolute Gasteiger partial charge is 0.497 e. The molecule has 0 saturated heterocycles. The van der Waals surface area contributed by atoms with E-state index in [2.05, 4.69) is 5.32 Å². The molecule has 0 aliphatic carbocycles. The number of hydrogen-bond donors (Lipinski definition) is 1. The summed E-state index contributed by atoms with van der Waals surface area (Å²) in [6.07, 6.45) is 0.680. The number of carbonyl (C=O) groups excluding carboxylic acids is 2. The second-order valence-corrected chi connectivity index (χ2v) is 8.77. The van der Waals surface area contributed by atoms with Gasteiger partial charge in [-0.3, -0.25) is 9.59 Å². The van der Waals surface area contributed by atoms with Crippen molar-refractivity contribution in [2.24, 2.45) is 0 Å². The van der Waals surface area contributed by atoms with E-state index < -0.39 is 10.8 Å². The minimum atomic E-state index is -1.51. The number of methoxy groups -OCH3 is 1. The highest BCUT2D eigenvalue weighted by atomic mass is 32.2. The van der Waals surface area contributed by atoms with Gasteiger partial charge in [-0.05, 0) is 61.4 Å². The molecule has 3 aromatic rings. The molecule has 4 rings (SSSR count). The number of anilines is 1. The van der Waals surface area contributed by atoms with Crippen molar-refractivity contribution in [1.82, 2.24) is 5.32 Å². The lowest BCUT2D eigenvalue weighted by molar-refractivity contribution is 0.0950. The molecule has 6 nitrogen and oxygen atoms in total. The Morgan fingerprint density at radius 2 is 1.78 bits per heavy atom. The van der Waals surface area contributed by atoms with Gasteiger partial charge in [0, 0.05) is 18.7 Å². The third-order valence-electron chi connectivity index (χ3n) is 5.45. The molecule has 1 N–H and O–H groups in total. The molecule has 0 fully saturated rings. The molecule has 2 amide bonds. The van der Waals surface area contributed by atoms with Gasteiger partial charge in [0.05, 0.1) is 39.0 Å². The fraction of sp³-hybridized carbons (Fsp3) is 0.200. The van der Waals surface area contributed by atoms with Crippen molar-refractivity contribution in [3.63, 3.8) is 0 Å². The van der Waals surface area contributed by atoms with E-state index in [1.165, 1.54) is 0 Å². The molecule has 1 aliphatic heterocycles. The predicted molar refractivity (Wildman–Crippen MR) is 124 cm³/mol. The molecule has 0 radical (unpaired) electrons. The van der Waals surface area contributed by atoms with Crippen molar-refractivity contribution < 1.29 is 18.5 Å². The Balaban J connectivity index is 1.54. The summed E-state index contributed by atoms with van der Waals surface area (Å²) in [7, 11) is 0.113. The van der Waals surface area contributed by atoms with E-state index in [1.807, 2.05) is 31.2 Å². The smallest absolute Gasteiger partial charge is 0.259 e.